The van der Waals surface area contributed by atoms with Crippen LogP contribution in [0.15, 0.2) is 24.3 Å². The lowest BCUT2D eigenvalue weighted by molar-refractivity contribution is 0.177. The van der Waals surface area contributed by atoms with Gasteiger partial charge in [0, 0.05) is 35.9 Å². The number of likely N-dealkylation sites (N-methyl/N-ethyl adjacent to an activating group) is 1. The first-order chi connectivity index (χ1) is 16.4. The number of fused-ring (bicyclic) bond motifs is 1. The molecular weight excluding hydrogens is 266 g/mol. The highest BCUT2D eigenvalue weighted by Gasteiger charge is 2.22. The first kappa shape index (κ1) is 4.49. The van der Waals surface area contributed by atoms with Crippen LogP contribution in [-0.4, -0.2) is 49.1 Å². The molecule has 0 aliphatic carbocycles. The van der Waals surface area contributed by atoms with Crippen molar-refractivity contribution in [2.24, 2.45) is 0 Å². The maximum Gasteiger partial charge on any atom is 0.407 e. The first-order valence-corrected chi connectivity index (χ1v) is 5.84. The van der Waals surface area contributed by atoms with Crippen molar-refractivity contribution >= 4 is 17.0 Å². The van der Waals surface area contributed by atoms with Crippen LogP contribution in [0.3, 0.4) is 0 Å². The van der Waals surface area contributed by atoms with E-state index < -0.39 is 85.1 Å². The number of aryl methyl sites for hydroxylation is 1. The number of ether oxygens (including phenoxy) is 1. The number of amides is 1. The summed E-state index contributed by atoms with van der Waals surface area (Å²) in [6.45, 7) is -9.53. The summed E-state index contributed by atoms with van der Waals surface area (Å²) in [5.41, 5.74) is -2.44. The molecule has 1 aliphatic rings. The molecule has 0 saturated carbocycles. The van der Waals surface area contributed by atoms with Gasteiger partial charge >= 0.3 is 6.09 Å². The highest BCUT2D eigenvalue weighted by atomic mass is 16.6. The molecule has 0 radical (unpaired) electrons. The van der Waals surface area contributed by atoms with Crippen molar-refractivity contribution in [1.82, 2.24) is 15.2 Å². The Morgan fingerprint density at radius 2 is 2.62 bits per heavy atom. The fraction of sp³-hybridized carbons (Fsp3) is 0.438. The van der Waals surface area contributed by atoms with Crippen molar-refractivity contribution in [3.8, 4) is 0 Å². The monoisotopic (exact) mass is 303 g/mol. The zero-order chi connectivity index (χ0) is 28.8. The van der Waals surface area contributed by atoms with E-state index in [4.69, 9.17) is 22.0 Å². The summed E-state index contributed by atoms with van der Waals surface area (Å²) in [7, 11) is 0.788. The topological polar surface area (TPSA) is 57.4 Å². The molecule has 1 aromatic heterocycles. The van der Waals surface area contributed by atoms with Crippen molar-refractivity contribution in [3.63, 3.8) is 0 Å². The van der Waals surface area contributed by atoms with E-state index in [1.165, 1.54) is 0 Å². The van der Waals surface area contributed by atoms with Crippen LogP contribution in [0.4, 0.5) is 4.79 Å². The number of nitrogens with one attached hydrogen (secondary N) is 2. The number of cyclic esters (lactones) is 1. The summed E-state index contributed by atoms with van der Waals surface area (Å²) < 4.78 is 134. The molecule has 2 aromatic rings. The van der Waals surface area contributed by atoms with Crippen LogP contribution in [0.25, 0.3) is 10.9 Å². The Bertz CT molecular complexity index is 1270. The zero-order valence-electron chi connectivity index (χ0n) is 26.8. The molecule has 1 fully saturated rings. The van der Waals surface area contributed by atoms with Crippen LogP contribution < -0.4 is 5.31 Å². The van der Waals surface area contributed by atoms with Crippen LogP contribution >= 0.6 is 0 Å². The van der Waals surface area contributed by atoms with Gasteiger partial charge in [-0.3, -0.25) is 0 Å². The number of hydrogen-bond acceptors (Lipinski definition) is 3. The molecule has 3 rings (SSSR count). The normalized spacial score (nSPS) is 34.9. The minimum absolute atomic E-state index is 0.116. The van der Waals surface area contributed by atoms with Crippen molar-refractivity contribution < 1.29 is 31.5 Å². The summed E-state index contributed by atoms with van der Waals surface area (Å²) in [6.07, 6.45) is -7.43. The van der Waals surface area contributed by atoms with Crippen molar-refractivity contribution in [2.75, 3.05) is 27.1 Å². The lowest BCUT2D eigenvalue weighted by Gasteiger charge is -2.09. The summed E-state index contributed by atoms with van der Waals surface area (Å²) in [6, 6.07) is -5.34. The highest BCUT2D eigenvalue weighted by molar-refractivity contribution is 5.84. The highest BCUT2D eigenvalue weighted by Crippen LogP contribution is 2.21. The number of carbonyl (C=O) groups excluding carboxylic acids is 1. The predicted molar refractivity (Wildman–Crippen MR) is 82.5 cm³/mol. The third-order valence-corrected chi connectivity index (χ3v) is 2.52. The van der Waals surface area contributed by atoms with E-state index >= 15 is 0 Å². The molecule has 2 heterocycles. The molecular formula is C16H21N3O2. The standard InChI is InChI=1S/C16H21N3O2/c1-19(2)6-5-12-9-17-15-4-3-11(8-14(12)15)7-13-10-21-16(20)18-13/h3-4,8-9,13,17H,5-7,10H2,1-2H3,(H,18,20)/t13-/m0/s1/i1D3,3D,4D,5D2,6D2,7D2,8D,10D2/hD2. The second kappa shape index (κ2) is 5.77. The smallest absolute Gasteiger partial charge is 0.407 e. The number of rotatable bonds is 5. The molecule has 2 N–H and O–H groups in total. The summed E-state index contributed by atoms with van der Waals surface area (Å²) in [5, 5.41) is -0.864. The quantitative estimate of drug-likeness (QED) is 0.887. The zero-order valence-corrected chi connectivity index (χ0v) is 10.8. The second-order valence-corrected chi connectivity index (χ2v) is 4.10. The second-order valence-electron chi connectivity index (χ2n) is 4.10. The van der Waals surface area contributed by atoms with E-state index in [0.29, 0.717) is 11.2 Å². The number of alkyl carbamates (subject to hydrolysis) is 1. The molecule has 1 aromatic carbocycles. The van der Waals surface area contributed by atoms with E-state index in [9.17, 15) is 4.79 Å². The number of benzene rings is 1. The molecule has 21 heavy (non-hydrogen) atoms. The molecule has 1 atom stereocenters. The SMILES string of the molecule is [2H]c1c(C([2H])([2H])[C@@H]2N([2H])C(=O)OC2([2H])[2H])c([2H])c2c(C([2H])([2H])C([2H])([2H])N(C)C([2H])([2H])[2H])cn([2H])c2c1[2H]. The average molecular weight is 303 g/mol. The van der Waals surface area contributed by atoms with Gasteiger partial charge in [-0.15, -0.1) is 0 Å². The van der Waals surface area contributed by atoms with E-state index in [0.717, 1.165) is 7.05 Å². The Hall–Kier alpha value is -2.01. The predicted octanol–water partition coefficient (Wildman–Crippen LogP) is 1.92. The van der Waals surface area contributed by atoms with Crippen LogP contribution in [0.1, 0.15) is 30.3 Å². The minimum atomic E-state index is -3.30. The van der Waals surface area contributed by atoms with Gasteiger partial charge in [-0.1, -0.05) is 6.04 Å². The Kier molecular flexibility index (Phi) is 1.23. The first-order valence-electron chi connectivity index (χ1n) is 13.7. The molecule has 1 saturated heterocycles. The van der Waals surface area contributed by atoms with E-state index in [2.05, 4.69) is 4.74 Å². The number of carbonyl (C=O) groups is 1. The minimum Gasteiger partial charge on any atom is -0.447 e. The van der Waals surface area contributed by atoms with E-state index in [-0.39, 0.29) is 10.2 Å². The molecule has 5 nitrogen and oxygen atoms in total. The fourth-order valence-corrected chi connectivity index (χ4v) is 1.66. The lowest BCUT2D eigenvalue weighted by Crippen LogP contribution is -2.28. The molecule has 112 valence electrons. The van der Waals surface area contributed by atoms with Gasteiger partial charge in [-0.2, -0.15) is 0 Å². The lowest BCUT2D eigenvalue weighted by atomic mass is 10.0. The van der Waals surface area contributed by atoms with E-state index in [1.54, 1.807) is 0 Å². The summed E-state index contributed by atoms with van der Waals surface area (Å²) >= 11 is 0. The molecule has 0 bridgehead atoms. The molecule has 0 spiro atoms. The maximum atomic E-state index is 11.8. The van der Waals surface area contributed by atoms with Gasteiger partial charge in [-0.05, 0) is 50.0 Å². The van der Waals surface area contributed by atoms with Crippen LogP contribution in [0, 0.1) is 0 Å². The van der Waals surface area contributed by atoms with Gasteiger partial charge in [-0.25, -0.2) is 4.79 Å². The molecule has 1 amide bonds. The Labute approximate surface area is 146 Å². The van der Waals surface area contributed by atoms with Crippen LogP contribution in [0.5, 0.6) is 0 Å². The third-order valence-electron chi connectivity index (χ3n) is 2.52. The van der Waals surface area contributed by atoms with Crippen LogP contribution in [0.2, 0.25) is 2.82 Å². The molecule has 0 unspecified atom stereocenters. The van der Waals surface area contributed by atoms with Crippen LogP contribution in [-0.2, 0) is 17.5 Å². The van der Waals surface area contributed by atoms with Gasteiger partial charge < -0.3 is 19.9 Å². The number of H-pyrrole nitrogens is 1. The Balaban J connectivity index is 2.40. The number of aromatic nitrogens is 1. The summed E-state index contributed by atoms with van der Waals surface area (Å²) in [5.74, 6) is 0. The molecule has 5 heteroatoms. The number of aromatic amines is 1. The van der Waals surface area contributed by atoms with Gasteiger partial charge in [0.1, 0.15) is 6.56 Å². The Morgan fingerprint density at radius 3 is 3.38 bits per heavy atom. The van der Waals surface area contributed by atoms with Crippen molar-refractivity contribution in [3.05, 3.63) is 35.5 Å². The average Bonchev–Trinajstić information content (AvgIpc) is 3.18. The van der Waals surface area contributed by atoms with Crippen molar-refractivity contribution in [2.45, 2.75) is 18.8 Å². The van der Waals surface area contributed by atoms with E-state index in [1.807, 2.05) is 0 Å². The Morgan fingerprint density at radius 1 is 1.71 bits per heavy atom. The third kappa shape index (κ3) is 3.19. The summed E-state index contributed by atoms with van der Waals surface area (Å²) in [4.78, 5) is 12.3. The van der Waals surface area contributed by atoms with Gasteiger partial charge in [0.25, 0.3) is 0 Å². The maximum absolute atomic E-state index is 11.8. The number of nitrogens with zero attached hydrogens (tertiary/aromatic N) is 1. The van der Waals surface area contributed by atoms with Gasteiger partial charge in [0.2, 0.25) is 0 Å². The van der Waals surface area contributed by atoms with Gasteiger partial charge in [0.15, 0.2) is 2.82 Å². The molecule has 1 aliphatic heterocycles. The van der Waals surface area contributed by atoms with Gasteiger partial charge in [0.05, 0.1) is 12.9 Å². The number of hydrogen-bond donors (Lipinski definition) is 2. The fourth-order valence-electron chi connectivity index (χ4n) is 1.66. The van der Waals surface area contributed by atoms with Crippen molar-refractivity contribution in [1.29, 1.82) is 0 Å². The largest absolute Gasteiger partial charge is 0.447 e.